The molecule has 0 heterocycles. The fourth-order valence-corrected chi connectivity index (χ4v) is 2.48. The molecular weight excluding hydrogens is 256 g/mol. The topological polar surface area (TPSA) is 52.6 Å². The number of allylic oxidation sites excluding steroid dienone is 2. The molecule has 0 saturated heterocycles. The Bertz CT molecular complexity index is 611. The van der Waals surface area contributed by atoms with Crippen LogP contribution in [0.15, 0.2) is 23.3 Å². The van der Waals surface area contributed by atoms with Crippen molar-refractivity contribution in [2.75, 3.05) is 14.2 Å². The highest BCUT2D eigenvalue weighted by Crippen LogP contribution is 2.36. The normalized spacial score (nSPS) is 14.4. The van der Waals surface area contributed by atoms with Crippen molar-refractivity contribution < 1.29 is 19.1 Å². The van der Waals surface area contributed by atoms with Crippen molar-refractivity contribution in [3.05, 3.63) is 34.4 Å². The number of Topliss-reactive ketones (excluding diaryl/α,β-unsaturated/α-hetero) is 2. The number of ketones is 2. The third kappa shape index (κ3) is 2.11. The van der Waals surface area contributed by atoms with Gasteiger partial charge >= 0.3 is 0 Å². The number of rotatable bonds is 4. The molecule has 0 aromatic heterocycles. The first-order valence-corrected chi connectivity index (χ1v) is 6.60. The largest absolute Gasteiger partial charge is 0.493 e. The summed E-state index contributed by atoms with van der Waals surface area (Å²) in [6.07, 6.45) is 1.44. The van der Waals surface area contributed by atoms with E-state index in [1.54, 1.807) is 19.1 Å². The standard InChI is InChI=1S/C16H18O4/c1-5-6-10-9(2)15(17)11-7-13(19-3)14(20-4)8-12(11)16(10)18/h7-8H,5-6H2,1-4H3. The van der Waals surface area contributed by atoms with Crippen LogP contribution in [0.25, 0.3) is 0 Å². The first-order chi connectivity index (χ1) is 9.54. The van der Waals surface area contributed by atoms with Gasteiger partial charge in [-0.25, -0.2) is 0 Å². The Kier molecular flexibility index (Phi) is 3.93. The van der Waals surface area contributed by atoms with Crippen LogP contribution >= 0.6 is 0 Å². The third-order valence-corrected chi connectivity index (χ3v) is 3.58. The number of ether oxygens (including phenoxy) is 2. The molecule has 0 radical (unpaired) electrons. The summed E-state index contributed by atoms with van der Waals surface area (Å²) in [5.74, 6) is 0.728. The fraction of sp³-hybridized carbons (Fsp3) is 0.375. The summed E-state index contributed by atoms with van der Waals surface area (Å²) in [5.41, 5.74) is 1.94. The van der Waals surface area contributed by atoms with Gasteiger partial charge in [0.1, 0.15) is 0 Å². The van der Waals surface area contributed by atoms with Crippen LogP contribution in [0.3, 0.4) is 0 Å². The van der Waals surface area contributed by atoms with E-state index in [1.165, 1.54) is 14.2 Å². The molecule has 106 valence electrons. The number of hydrogen-bond donors (Lipinski definition) is 0. The van der Waals surface area contributed by atoms with Crippen LogP contribution in [-0.2, 0) is 0 Å². The summed E-state index contributed by atoms with van der Waals surface area (Å²) in [4.78, 5) is 24.9. The van der Waals surface area contributed by atoms with Gasteiger partial charge in [-0.3, -0.25) is 9.59 Å². The Morgan fingerprint density at radius 1 is 0.950 bits per heavy atom. The molecular formula is C16H18O4. The number of methoxy groups -OCH3 is 2. The van der Waals surface area contributed by atoms with Gasteiger partial charge in [0, 0.05) is 22.3 Å². The lowest BCUT2D eigenvalue weighted by Gasteiger charge is -2.20. The molecule has 1 aromatic carbocycles. The zero-order valence-electron chi connectivity index (χ0n) is 12.2. The molecule has 0 amide bonds. The molecule has 1 aromatic rings. The van der Waals surface area contributed by atoms with Gasteiger partial charge in [0.05, 0.1) is 14.2 Å². The average Bonchev–Trinajstić information content (AvgIpc) is 2.47. The zero-order chi connectivity index (χ0) is 14.9. The second-order valence-corrected chi connectivity index (χ2v) is 4.76. The molecule has 20 heavy (non-hydrogen) atoms. The summed E-state index contributed by atoms with van der Waals surface area (Å²) in [6.45, 7) is 3.70. The van der Waals surface area contributed by atoms with Gasteiger partial charge < -0.3 is 9.47 Å². The predicted molar refractivity (Wildman–Crippen MR) is 75.8 cm³/mol. The van der Waals surface area contributed by atoms with Crippen LogP contribution in [0.5, 0.6) is 11.5 Å². The van der Waals surface area contributed by atoms with E-state index in [9.17, 15) is 9.59 Å². The molecule has 4 nitrogen and oxygen atoms in total. The van der Waals surface area contributed by atoms with Gasteiger partial charge in [-0.15, -0.1) is 0 Å². The van der Waals surface area contributed by atoms with E-state index >= 15 is 0 Å². The molecule has 2 rings (SSSR count). The van der Waals surface area contributed by atoms with Gasteiger partial charge in [0.2, 0.25) is 0 Å². The maximum atomic E-state index is 12.5. The molecule has 0 unspecified atom stereocenters. The number of carbonyl (C=O) groups excluding carboxylic acids is 2. The summed E-state index contributed by atoms with van der Waals surface area (Å²) in [5, 5.41) is 0. The molecule has 1 aliphatic rings. The number of benzene rings is 1. The van der Waals surface area contributed by atoms with Gasteiger partial charge in [0.25, 0.3) is 0 Å². The molecule has 1 aliphatic carbocycles. The molecule has 0 N–H and O–H groups in total. The van der Waals surface area contributed by atoms with Crippen molar-refractivity contribution >= 4 is 11.6 Å². The second kappa shape index (κ2) is 5.49. The Balaban J connectivity index is 2.64. The minimum absolute atomic E-state index is 0.0834. The lowest BCUT2D eigenvalue weighted by Crippen LogP contribution is -2.21. The Labute approximate surface area is 118 Å². The summed E-state index contributed by atoms with van der Waals surface area (Å²) in [7, 11) is 3.01. The SMILES string of the molecule is CCCC1=C(C)C(=O)c2cc(OC)c(OC)cc2C1=O. The second-order valence-electron chi connectivity index (χ2n) is 4.76. The summed E-state index contributed by atoms with van der Waals surface area (Å²) in [6, 6.07) is 3.18. The average molecular weight is 274 g/mol. The van der Waals surface area contributed by atoms with Crippen LogP contribution in [0, 0.1) is 0 Å². The van der Waals surface area contributed by atoms with Crippen LogP contribution < -0.4 is 9.47 Å². The van der Waals surface area contributed by atoms with Gasteiger partial charge in [-0.05, 0) is 25.5 Å². The molecule has 0 saturated carbocycles. The van der Waals surface area contributed by atoms with Crippen LogP contribution in [0.4, 0.5) is 0 Å². The van der Waals surface area contributed by atoms with E-state index in [4.69, 9.17) is 9.47 Å². The van der Waals surface area contributed by atoms with Crippen LogP contribution in [-0.4, -0.2) is 25.8 Å². The van der Waals surface area contributed by atoms with Crippen molar-refractivity contribution in [2.45, 2.75) is 26.7 Å². The summed E-state index contributed by atoms with van der Waals surface area (Å²) < 4.78 is 10.4. The van der Waals surface area contributed by atoms with Gasteiger partial charge in [-0.2, -0.15) is 0 Å². The Morgan fingerprint density at radius 3 is 1.90 bits per heavy atom. The van der Waals surface area contributed by atoms with Crippen molar-refractivity contribution in [3.63, 3.8) is 0 Å². The van der Waals surface area contributed by atoms with Crippen molar-refractivity contribution in [1.29, 1.82) is 0 Å². The highest BCUT2D eigenvalue weighted by atomic mass is 16.5. The highest BCUT2D eigenvalue weighted by molar-refractivity contribution is 6.27. The maximum Gasteiger partial charge on any atom is 0.190 e. The Morgan fingerprint density at radius 2 is 1.45 bits per heavy atom. The molecule has 0 atom stereocenters. The van der Waals surface area contributed by atoms with Crippen molar-refractivity contribution in [3.8, 4) is 11.5 Å². The maximum absolute atomic E-state index is 12.5. The number of hydrogen-bond acceptors (Lipinski definition) is 4. The monoisotopic (exact) mass is 274 g/mol. The van der Waals surface area contributed by atoms with E-state index in [1.807, 2.05) is 6.92 Å². The molecule has 0 fully saturated rings. The van der Waals surface area contributed by atoms with E-state index in [0.29, 0.717) is 40.2 Å². The van der Waals surface area contributed by atoms with Crippen LogP contribution in [0.2, 0.25) is 0 Å². The predicted octanol–water partition coefficient (Wildman–Crippen LogP) is 3.20. The molecule has 0 aliphatic heterocycles. The van der Waals surface area contributed by atoms with Gasteiger partial charge in [-0.1, -0.05) is 13.3 Å². The quantitative estimate of drug-likeness (QED) is 0.846. The minimum atomic E-state index is -0.107. The number of fused-ring (bicyclic) bond motifs is 1. The van der Waals surface area contributed by atoms with E-state index in [0.717, 1.165) is 6.42 Å². The minimum Gasteiger partial charge on any atom is -0.493 e. The summed E-state index contributed by atoms with van der Waals surface area (Å²) >= 11 is 0. The van der Waals surface area contributed by atoms with E-state index < -0.39 is 0 Å². The lowest BCUT2D eigenvalue weighted by atomic mass is 9.82. The molecule has 0 bridgehead atoms. The van der Waals surface area contributed by atoms with Crippen LogP contribution in [0.1, 0.15) is 47.4 Å². The Hall–Kier alpha value is -2.10. The first kappa shape index (κ1) is 14.3. The van der Waals surface area contributed by atoms with Crippen molar-refractivity contribution in [1.82, 2.24) is 0 Å². The van der Waals surface area contributed by atoms with Crippen molar-refractivity contribution in [2.24, 2.45) is 0 Å². The smallest absolute Gasteiger partial charge is 0.190 e. The lowest BCUT2D eigenvalue weighted by molar-refractivity contribution is 0.0971. The number of carbonyl (C=O) groups is 2. The highest BCUT2D eigenvalue weighted by Gasteiger charge is 2.30. The molecule has 0 spiro atoms. The van der Waals surface area contributed by atoms with E-state index in [-0.39, 0.29) is 11.6 Å². The van der Waals surface area contributed by atoms with Gasteiger partial charge in [0.15, 0.2) is 23.1 Å². The molecule has 4 heteroatoms. The third-order valence-electron chi connectivity index (χ3n) is 3.58. The fourth-order valence-electron chi connectivity index (χ4n) is 2.48. The zero-order valence-corrected chi connectivity index (χ0v) is 12.2. The first-order valence-electron chi connectivity index (χ1n) is 6.60. The van der Waals surface area contributed by atoms with E-state index in [2.05, 4.69) is 0 Å².